The average Bonchev–Trinajstić information content (AvgIpc) is 2.53. The maximum Gasteiger partial charge on any atom is 0.191 e. The van der Waals surface area contributed by atoms with Crippen LogP contribution in [0.4, 0.5) is 0 Å². The van der Waals surface area contributed by atoms with Crippen LogP contribution in [-0.4, -0.2) is 50.8 Å². The van der Waals surface area contributed by atoms with Gasteiger partial charge in [0.25, 0.3) is 0 Å². The SMILES string of the molecule is CCNC(=NCC(C)Sc1ccccc1)NCCS(=O)(=O)CC.I. The number of aliphatic imine (C=N–C) groups is 1. The minimum atomic E-state index is -2.95. The standard InChI is InChI=1S/C16H27N3O2S2.HI/c1-4-17-16(18-11-12-23(20,21)5-2)19-13-14(3)22-15-9-7-6-8-10-15;/h6-10,14H,4-5,11-13H2,1-3H3,(H2,17,18,19);1H. The highest BCUT2D eigenvalue weighted by Gasteiger charge is 2.08. The summed E-state index contributed by atoms with van der Waals surface area (Å²) < 4.78 is 23.0. The molecule has 2 N–H and O–H groups in total. The Morgan fingerprint density at radius 2 is 1.88 bits per heavy atom. The molecular weight excluding hydrogens is 457 g/mol. The zero-order valence-electron chi connectivity index (χ0n) is 14.5. The Bertz CT molecular complexity index is 580. The van der Waals surface area contributed by atoms with Crippen molar-refractivity contribution < 1.29 is 8.42 Å². The fourth-order valence-electron chi connectivity index (χ4n) is 1.80. The van der Waals surface area contributed by atoms with Crippen LogP contribution in [0.25, 0.3) is 0 Å². The van der Waals surface area contributed by atoms with Gasteiger partial charge in [0.2, 0.25) is 0 Å². The normalized spacial score (nSPS) is 13.0. The topological polar surface area (TPSA) is 70.6 Å². The van der Waals surface area contributed by atoms with Gasteiger partial charge in [-0.15, -0.1) is 35.7 Å². The summed E-state index contributed by atoms with van der Waals surface area (Å²) in [6.45, 7) is 7.57. The van der Waals surface area contributed by atoms with Gasteiger partial charge in [0, 0.05) is 29.0 Å². The van der Waals surface area contributed by atoms with Crippen LogP contribution in [0.1, 0.15) is 20.8 Å². The van der Waals surface area contributed by atoms with Gasteiger partial charge >= 0.3 is 0 Å². The van der Waals surface area contributed by atoms with E-state index in [0.717, 1.165) is 6.54 Å². The number of benzene rings is 1. The zero-order chi connectivity index (χ0) is 17.1. The first-order valence-corrected chi connectivity index (χ1v) is 10.6. The quantitative estimate of drug-likeness (QED) is 0.244. The van der Waals surface area contributed by atoms with Crippen molar-refractivity contribution in [3.05, 3.63) is 30.3 Å². The molecule has 1 rings (SSSR count). The van der Waals surface area contributed by atoms with Crippen molar-refractivity contribution in [3.63, 3.8) is 0 Å². The fourth-order valence-corrected chi connectivity index (χ4v) is 3.43. The summed E-state index contributed by atoms with van der Waals surface area (Å²) in [5.74, 6) is 0.967. The number of nitrogens with one attached hydrogen (secondary N) is 2. The highest BCUT2D eigenvalue weighted by molar-refractivity contribution is 14.0. The third kappa shape index (κ3) is 10.4. The Morgan fingerprint density at radius 1 is 1.21 bits per heavy atom. The third-order valence-corrected chi connectivity index (χ3v) is 5.88. The second-order valence-electron chi connectivity index (χ2n) is 5.12. The predicted octanol–water partition coefficient (Wildman–Crippen LogP) is 2.78. The molecule has 8 heteroatoms. The molecular formula is C16H28IN3O2S2. The van der Waals surface area contributed by atoms with Crippen molar-refractivity contribution in [2.45, 2.75) is 30.9 Å². The first-order valence-electron chi connectivity index (χ1n) is 7.91. The number of nitrogens with zero attached hydrogens (tertiary/aromatic N) is 1. The summed E-state index contributed by atoms with van der Waals surface area (Å²) in [5.41, 5.74) is 0. The lowest BCUT2D eigenvalue weighted by Crippen LogP contribution is -2.40. The van der Waals surface area contributed by atoms with Gasteiger partial charge in [0.15, 0.2) is 15.8 Å². The second kappa shape index (κ2) is 12.8. The molecule has 138 valence electrons. The monoisotopic (exact) mass is 485 g/mol. The lowest BCUT2D eigenvalue weighted by Gasteiger charge is -2.13. The van der Waals surface area contributed by atoms with E-state index in [9.17, 15) is 8.42 Å². The third-order valence-electron chi connectivity index (χ3n) is 3.08. The summed E-state index contributed by atoms with van der Waals surface area (Å²) >= 11 is 1.78. The van der Waals surface area contributed by atoms with Crippen LogP contribution >= 0.6 is 35.7 Å². The highest BCUT2D eigenvalue weighted by atomic mass is 127. The van der Waals surface area contributed by atoms with Crippen LogP contribution in [-0.2, 0) is 9.84 Å². The smallest absolute Gasteiger partial charge is 0.191 e. The Morgan fingerprint density at radius 3 is 2.46 bits per heavy atom. The van der Waals surface area contributed by atoms with Crippen LogP contribution < -0.4 is 10.6 Å². The van der Waals surface area contributed by atoms with E-state index in [1.165, 1.54) is 4.90 Å². The summed E-state index contributed by atoms with van der Waals surface area (Å²) in [7, 11) is -2.95. The molecule has 0 aliphatic heterocycles. The van der Waals surface area contributed by atoms with Gasteiger partial charge in [-0.3, -0.25) is 4.99 Å². The molecule has 0 aromatic heterocycles. The maximum absolute atomic E-state index is 11.5. The fraction of sp³-hybridized carbons (Fsp3) is 0.562. The van der Waals surface area contributed by atoms with Crippen LogP contribution in [0.2, 0.25) is 0 Å². The molecule has 5 nitrogen and oxygen atoms in total. The van der Waals surface area contributed by atoms with Gasteiger partial charge in [-0.1, -0.05) is 32.0 Å². The largest absolute Gasteiger partial charge is 0.357 e. The number of hydrogen-bond acceptors (Lipinski definition) is 4. The van der Waals surface area contributed by atoms with Gasteiger partial charge in [0.05, 0.1) is 12.3 Å². The van der Waals surface area contributed by atoms with Crippen molar-refractivity contribution in [2.24, 2.45) is 4.99 Å². The van der Waals surface area contributed by atoms with Crippen molar-refractivity contribution in [2.75, 3.05) is 31.1 Å². The summed E-state index contributed by atoms with van der Waals surface area (Å²) in [6, 6.07) is 10.2. The first-order chi connectivity index (χ1) is 11.0. The molecule has 1 aromatic rings. The number of hydrogen-bond donors (Lipinski definition) is 2. The minimum Gasteiger partial charge on any atom is -0.357 e. The molecule has 0 bridgehead atoms. The van der Waals surface area contributed by atoms with E-state index in [2.05, 4.69) is 34.7 Å². The molecule has 0 aliphatic rings. The van der Waals surface area contributed by atoms with Crippen molar-refractivity contribution in [1.29, 1.82) is 0 Å². The summed E-state index contributed by atoms with van der Waals surface area (Å²) in [4.78, 5) is 5.76. The number of guanidine groups is 1. The van der Waals surface area contributed by atoms with Crippen LogP contribution in [0.5, 0.6) is 0 Å². The van der Waals surface area contributed by atoms with E-state index < -0.39 is 9.84 Å². The molecule has 0 amide bonds. The molecule has 0 saturated carbocycles. The molecule has 24 heavy (non-hydrogen) atoms. The molecule has 0 heterocycles. The molecule has 1 unspecified atom stereocenters. The Labute approximate surface area is 167 Å². The predicted molar refractivity (Wildman–Crippen MR) is 115 cm³/mol. The van der Waals surface area contributed by atoms with Gasteiger partial charge in [-0.25, -0.2) is 8.42 Å². The van der Waals surface area contributed by atoms with Gasteiger partial charge < -0.3 is 10.6 Å². The molecule has 1 aromatic carbocycles. The van der Waals surface area contributed by atoms with Crippen LogP contribution in [0.3, 0.4) is 0 Å². The molecule has 1 atom stereocenters. The number of halogens is 1. The van der Waals surface area contributed by atoms with Crippen LogP contribution in [0.15, 0.2) is 40.2 Å². The summed E-state index contributed by atoms with van der Waals surface area (Å²) in [5, 5.41) is 6.56. The lowest BCUT2D eigenvalue weighted by atomic mass is 10.4. The van der Waals surface area contributed by atoms with Gasteiger partial charge in [-0.05, 0) is 19.1 Å². The number of thioether (sulfide) groups is 1. The van der Waals surface area contributed by atoms with Crippen LogP contribution in [0, 0.1) is 0 Å². The molecule has 0 radical (unpaired) electrons. The zero-order valence-corrected chi connectivity index (χ0v) is 18.5. The molecule has 0 spiro atoms. The molecule has 0 fully saturated rings. The van der Waals surface area contributed by atoms with E-state index in [0.29, 0.717) is 24.3 Å². The van der Waals surface area contributed by atoms with Gasteiger partial charge in [-0.2, -0.15) is 0 Å². The van der Waals surface area contributed by atoms with Crippen molar-refractivity contribution in [3.8, 4) is 0 Å². The summed E-state index contributed by atoms with van der Waals surface area (Å²) in [6.07, 6.45) is 0. The minimum absolute atomic E-state index is 0. The van der Waals surface area contributed by atoms with E-state index in [1.807, 2.05) is 25.1 Å². The maximum atomic E-state index is 11.5. The number of sulfone groups is 1. The van der Waals surface area contributed by atoms with Crippen molar-refractivity contribution >= 4 is 51.5 Å². The average molecular weight is 485 g/mol. The van der Waals surface area contributed by atoms with E-state index in [1.54, 1.807) is 18.7 Å². The highest BCUT2D eigenvalue weighted by Crippen LogP contribution is 2.22. The van der Waals surface area contributed by atoms with Gasteiger partial charge in [0.1, 0.15) is 0 Å². The number of rotatable bonds is 9. The van der Waals surface area contributed by atoms with E-state index in [4.69, 9.17) is 0 Å². The van der Waals surface area contributed by atoms with Crippen molar-refractivity contribution in [1.82, 2.24) is 10.6 Å². The molecule has 0 saturated heterocycles. The molecule has 0 aliphatic carbocycles. The van der Waals surface area contributed by atoms with E-state index >= 15 is 0 Å². The van der Waals surface area contributed by atoms with E-state index in [-0.39, 0.29) is 35.5 Å². The lowest BCUT2D eigenvalue weighted by molar-refractivity contribution is 0.595. The Balaban J connectivity index is 0.00000529. The second-order valence-corrected chi connectivity index (χ2v) is 9.11. The Hall–Kier alpha value is -0.480. The Kier molecular flexibility index (Phi) is 12.6. The first kappa shape index (κ1) is 23.5.